The fourth-order valence-corrected chi connectivity index (χ4v) is 3.91. The lowest BCUT2D eigenvalue weighted by Gasteiger charge is -2.16. The summed E-state index contributed by atoms with van der Waals surface area (Å²) in [6.45, 7) is 11.3. The molecule has 1 atom stereocenters. The van der Waals surface area contributed by atoms with E-state index in [9.17, 15) is 0 Å². The molecule has 1 heterocycles. The summed E-state index contributed by atoms with van der Waals surface area (Å²) < 4.78 is 0. The normalized spacial score (nSPS) is 12.7. The first kappa shape index (κ1) is 18.6. The van der Waals surface area contributed by atoms with Gasteiger partial charge < -0.3 is 0 Å². The van der Waals surface area contributed by atoms with Crippen molar-refractivity contribution in [3.63, 3.8) is 0 Å². The number of hydrogen-bond acceptors (Lipinski definition) is 1. The first-order chi connectivity index (χ1) is 12.6. The van der Waals surface area contributed by atoms with Gasteiger partial charge in [0, 0.05) is 17.1 Å². The number of nitrogens with zero attached hydrogens (tertiary/aromatic N) is 1. The molecule has 0 saturated carbocycles. The van der Waals surface area contributed by atoms with E-state index < -0.39 is 0 Å². The van der Waals surface area contributed by atoms with E-state index in [1.165, 1.54) is 52.3 Å². The van der Waals surface area contributed by atoms with Gasteiger partial charge in [0.1, 0.15) is 0 Å². The molecule has 0 N–H and O–H groups in total. The van der Waals surface area contributed by atoms with Crippen LogP contribution in [-0.2, 0) is 0 Å². The van der Waals surface area contributed by atoms with Gasteiger partial charge in [-0.2, -0.15) is 0 Å². The van der Waals surface area contributed by atoms with Crippen LogP contribution in [0.5, 0.6) is 0 Å². The summed E-state index contributed by atoms with van der Waals surface area (Å²) in [5.41, 5.74) is 6.53. The maximum absolute atomic E-state index is 4.77. The third-order valence-electron chi connectivity index (χ3n) is 5.80. The molecule has 1 unspecified atom stereocenters. The summed E-state index contributed by atoms with van der Waals surface area (Å²) in [6, 6.07) is 16.0. The molecule has 1 nitrogen and oxygen atoms in total. The lowest BCUT2D eigenvalue weighted by molar-refractivity contribution is 0.641. The van der Waals surface area contributed by atoms with Crippen molar-refractivity contribution in [2.75, 3.05) is 0 Å². The Morgan fingerprint density at radius 1 is 0.846 bits per heavy atom. The largest absolute Gasteiger partial charge is 0.256 e. The number of pyridine rings is 1. The van der Waals surface area contributed by atoms with Crippen LogP contribution >= 0.6 is 0 Å². The second-order valence-corrected chi connectivity index (χ2v) is 7.60. The van der Waals surface area contributed by atoms with Gasteiger partial charge in [0.25, 0.3) is 0 Å². The van der Waals surface area contributed by atoms with E-state index in [0.717, 1.165) is 5.69 Å². The van der Waals surface area contributed by atoms with Gasteiger partial charge >= 0.3 is 0 Å². The van der Waals surface area contributed by atoms with Gasteiger partial charge in [-0.1, -0.05) is 57.5 Å². The summed E-state index contributed by atoms with van der Waals surface area (Å²) in [5, 5.41) is 2.54. The lowest BCUT2D eigenvalue weighted by Crippen LogP contribution is -1.98. The van der Waals surface area contributed by atoms with Gasteiger partial charge in [0.2, 0.25) is 0 Å². The van der Waals surface area contributed by atoms with Gasteiger partial charge in [-0.05, 0) is 72.7 Å². The highest BCUT2D eigenvalue weighted by atomic mass is 14.7. The van der Waals surface area contributed by atoms with E-state index >= 15 is 0 Å². The smallest absolute Gasteiger partial charge is 0.0780 e. The van der Waals surface area contributed by atoms with Crippen LogP contribution in [0.2, 0.25) is 0 Å². The van der Waals surface area contributed by atoms with Crippen molar-refractivity contribution in [1.29, 1.82) is 0 Å². The summed E-state index contributed by atoms with van der Waals surface area (Å²) >= 11 is 0. The third-order valence-corrected chi connectivity index (χ3v) is 5.80. The van der Waals surface area contributed by atoms with Crippen molar-refractivity contribution >= 4 is 10.8 Å². The average Bonchev–Trinajstić information content (AvgIpc) is 2.67. The minimum atomic E-state index is 0.594. The molecular weight excluding hydrogens is 314 g/mol. The summed E-state index contributed by atoms with van der Waals surface area (Å²) in [7, 11) is 0. The van der Waals surface area contributed by atoms with Crippen LogP contribution < -0.4 is 0 Å². The number of hydrogen-bond donors (Lipinski definition) is 0. The molecule has 0 radical (unpaired) electrons. The number of benzene rings is 2. The van der Waals surface area contributed by atoms with Crippen LogP contribution in [0.3, 0.4) is 0 Å². The van der Waals surface area contributed by atoms with Gasteiger partial charge in [0.15, 0.2) is 0 Å². The highest BCUT2D eigenvalue weighted by Gasteiger charge is 2.13. The Bertz CT molecular complexity index is 890. The molecule has 0 aliphatic heterocycles. The van der Waals surface area contributed by atoms with Crippen LogP contribution in [0, 0.1) is 6.92 Å². The zero-order chi connectivity index (χ0) is 18.7. The molecular formula is C25H31N. The van der Waals surface area contributed by atoms with Gasteiger partial charge in [-0.25, -0.2) is 0 Å². The predicted octanol–water partition coefficient (Wildman–Crippen LogP) is 7.63. The third kappa shape index (κ3) is 3.67. The van der Waals surface area contributed by atoms with E-state index in [4.69, 9.17) is 4.98 Å². The summed E-state index contributed by atoms with van der Waals surface area (Å²) in [5.74, 6) is 1.22. The van der Waals surface area contributed by atoms with E-state index in [-0.39, 0.29) is 0 Å². The maximum atomic E-state index is 4.77. The highest BCUT2D eigenvalue weighted by Crippen LogP contribution is 2.33. The van der Waals surface area contributed by atoms with E-state index in [1.54, 1.807) is 0 Å². The van der Waals surface area contributed by atoms with Gasteiger partial charge in [0.05, 0.1) is 5.69 Å². The Hall–Kier alpha value is -2.15. The Balaban J connectivity index is 2.13. The molecule has 0 aliphatic rings. The molecule has 26 heavy (non-hydrogen) atoms. The first-order valence-corrected chi connectivity index (χ1v) is 10.1. The van der Waals surface area contributed by atoms with Crippen molar-refractivity contribution in [1.82, 2.24) is 4.98 Å². The summed E-state index contributed by atoms with van der Waals surface area (Å²) in [4.78, 5) is 4.77. The highest BCUT2D eigenvalue weighted by molar-refractivity contribution is 5.95. The summed E-state index contributed by atoms with van der Waals surface area (Å²) in [6.07, 6.45) is 5.48. The van der Waals surface area contributed by atoms with Crippen molar-refractivity contribution in [3.8, 4) is 11.3 Å². The zero-order valence-corrected chi connectivity index (χ0v) is 16.8. The molecule has 0 aliphatic carbocycles. The van der Waals surface area contributed by atoms with Gasteiger partial charge in [-0.15, -0.1) is 0 Å². The second kappa shape index (κ2) is 8.03. The van der Waals surface area contributed by atoms with E-state index in [0.29, 0.717) is 11.8 Å². The molecule has 0 spiro atoms. The molecule has 3 rings (SSSR count). The average molecular weight is 346 g/mol. The first-order valence-electron chi connectivity index (χ1n) is 10.1. The van der Waals surface area contributed by atoms with Crippen molar-refractivity contribution in [3.05, 3.63) is 65.4 Å². The minimum Gasteiger partial charge on any atom is -0.256 e. The Kier molecular flexibility index (Phi) is 5.76. The Morgan fingerprint density at radius 3 is 2.31 bits per heavy atom. The quantitative estimate of drug-likeness (QED) is 0.447. The predicted molar refractivity (Wildman–Crippen MR) is 114 cm³/mol. The van der Waals surface area contributed by atoms with Crippen LogP contribution in [0.15, 0.2) is 48.7 Å². The van der Waals surface area contributed by atoms with E-state index in [1.807, 2.05) is 6.20 Å². The molecule has 1 heteroatoms. The van der Waals surface area contributed by atoms with Gasteiger partial charge in [-0.3, -0.25) is 4.98 Å². The number of aryl methyl sites for hydroxylation is 1. The van der Waals surface area contributed by atoms with Crippen molar-refractivity contribution < 1.29 is 0 Å². The van der Waals surface area contributed by atoms with Crippen LogP contribution in [0.25, 0.3) is 22.0 Å². The van der Waals surface area contributed by atoms with Crippen molar-refractivity contribution in [2.45, 2.75) is 65.7 Å². The lowest BCUT2D eigenvalue weighted by atomic mass is 9.89. The molecule has 0 fully saturated rings. The fraction of sp³-hybridized carbons (Fsp3) is 0.400. The molecule has 1 aromatic heterocycles. The molecule has 136 valence electrons. The number of fused-ring (bicyclic) bond motifs is 1. The topological polar surface area (TPSA) is 12.9 Å². The molecule has 0 amide bonds. The molecule has 3 aromatic rings. The second-order valence-electron chi connectivity index (χ2n) is 7.60. The standard InChI is InChI=1S/C25H31N/c1-6-18(5)20-9-10-24-21(15-20)11-12-26-25(24)23-14-17(4)13-22(16-23)19(7-2)8-3/h9-16,18-19H,6-8H2,1-5H3. The minimum absolute atomic E-state index is 0.594. The number of aromatic nitrogens is 1. The Labute approximate surface area is 158 Å². The Morgan fingerprint density at radius 2 is 1.62 bits per heavy atom. The number of rotatable bonds is 6. The maximum Gasteiger partial charge on any atom is 0.0780 e. The van der Waals surface area contributed by atoms with Crippen molar-refractivity contribution in [2.24, 2.45) is 0 Å². The van der Waals surface area contributed by atoms with Crippen LogP contribution in [0.4, 0.5) is 0 Å². The van der Waals surface area contributed by atoms with Crippen LogP contribution in [-0.4, -0.2) is 4.98 Å². The van der Waals surface area contributed by atoms with Crippen LogP contribution in [0.1, 0.15) is 75.5 Å². The zero-order valence-electron chi connectivity index (χ0n) is 16.8. The van der Waals surface area contributed by atoms with E-state index in [2.05, 4.69) is 77.1 Å². The molecule has 2 aromatic carbocycles. The molecule has 0 bridgehead atoms. The fourth-order valence-electron chi connectivity index (χ4n) is 3.91. The molecule has 0 saturated heterocycles. The monoisotopic (exact) mass is 345 g/mol. The SMILES string of the molecule is CCC(C)c1ccc2c(-c3cc(C)cc(C(CC)CC)c3)nccc2c1.